The van der Waals surface area contributed by atoms with Crippen LogP contribution in [-0.4, -0.2) is 31.9 Å². The van der Waals surface area contributed by atoms with Crippen molar-refractivity contribution in [2.24, 2.45) is 0 Å². The zero-order valence-corrected chi connectivity index (χ0v) is 21.7. The van der Waals surface area contributed by atoms with Gasteiger partial charge in [-0.1, -0.05) is 30.3 Å². The lowest BCUT2D eigenvalue weighted by atomic mass is 10.0. The molecule has 3 heterocycles. The van der Waals surface area contributed by atoms with E-state index in [9.17, 15) is 9.18 Å². The van der Waals surface area contributed by atoms with E-state index >= 15 is 0 Å². The van der Waals surface area contributed by atoms with E-state index in [2.05, 4.69) is 9.88 Å². The number of hydrogen-bond acceptors (Lipinski definition) is 3. The van der Waals surface area contributed by atoms with Crippen LogP contribution in [0.3, 0.4) is 0 Å². The van der Waals surface area contributed by atoms with Crippen molar-refractivity contribution in [3.63, 3.8) is 0 Å². The Morgan fingerprint density at radius 2 is 1.74 bits per heavy atom. The number of anilines is 1. The fraction of sp³-hybridized carbons (Fsp3) is 0.161. The summed E-state index contributed by atoms with van der Waals surface area (Å²) in [5.41, 5.74) is 5.01. The molecule has 0 spiro atoms. The molecule has 8 heteroatoms. The first kappa shape index (κ1) is 24.5. The van der Waals surface area contributed by atoms with E-state index in [1.165, 1.54) is 12.1 Å². The van der Waals surface area contributed by atoms with Crippen LogP contribution in [-0.2, 0) is 6.54 Å². The second kappa shape index (κ2) is 10.1. The number of hydrogen-bond donors (Lipinski definition) is 1. The predicted octanol–water partition coefficient (Wildman–Crippen LogP) is 6.65. The van der Waals surface area contributed by atoms with Crippen molar-refractivity contribution in [3.05, 3.63) is 126 Å². The molecular formula is C31H28FN5O2. The molecule has 6 rings (SSSR count). The van der Waals surface area contributed by atoms with Crippen molar-refractivity contribution in [2.75, 3.05) is 11.9 Å². The standard InChI is InChI=1S/C31H28FN5O2/c1-3-39-26-17-15-24(16-18-26)33-31(38)36-20-27-21(2)34-37(25-8-5-4-6-9-25)30(27)35-19-7-10-28(35)29(36)22-11-13-23(32)14-12-22/h4-19,29H,3,20H2,1-2H3,(H,33,38)/t29-/m0/s1. The van der Waals surface area contributed by atoms with Crippen molar-refractivity contribution in [1.82, 2.24) is 19.2 Å². The number of halogens is 1. The Bertz CT molecular complexity index is 1610. The Kier molecular flexibility index (Phi) is 6.36. The molecule has 2 aromatic heterocycles. The van der Waals surface area contributed by atoms with Crippen LogP contribution < -0.4 is 10.1 Å². The maximum absolute atomic E-state index is 14.0. The van der Waals surface area contributed by atoms with Gasteiger partial charge in [0.2, 0.25) is 0 Å². The molecule has 7 nitrogen and oxygen atoms in total. The van der Waals surface area contributed by atoms with Crippen LogP contribution in [0.15, 0.2) is 97.2 Å². The molecule has 1 aliphatic rings. The molecule has 3 aromatic carbocycles. The smallest absolute Gasteiger partial charge is 0.322 e. The summed E-state index contributed by atoms with van der Waals surface area (Å²) < 4.78 is 23.5. The van der Waals surface area contributed by atoms with Crippen molar-refractivity contribution in [1.29, 1.82) is 0 Å². The van der Waals surface area contributed by atoms with Gasteiger partial charge in [0.25, 0.3) is 0 Å². The SMILES string of the molecule is CCOc1ccc(NC(=O)N2Cc3c(C)nn(-c4ccccc4)c3-n3cccc3[C@@H]2c2ccc(F)cc2)cc1. The summed E-state index contributed by atoms with van der Waals surface area (Å²) in [6, 6.07) is 26.8. The molecule has 0 fully saturated rings. The molecule has 0 saturated carbocycles. The molecule has 0 radical (unpaired) electrons. The van der Waals surface area contributed by atoms with Gasteiger partial charge in [0.1, 0.15) is 17.4 Å². The van der Waals surface area contributed by atoms with Gasteiger partial charge >= 0.3 is 6.03 Å². The molecule has 2 amide bonds. The van der Waals surface area contributed by atoms with Gasteiger partial charge in [0.15, 0.2) is 0 Å². The highest BCUT2D eigenvalue weighted by atomic mass is 19.1. The number of aromatic nitrogens is 3. The maximum Gasteiger partial charge on any atom is 0.322 e. The summed E-state index contributed by atoms with van der Waals surface area (Å²) in [6.07, 6.45) is 1.99. The van der Waals surface area contributed by atoms with Crippen LogP contribution in [0.2, 0.25) is 0 Å². The number of nitrogens with zero attached hydrogens (tertiary/aromatic N) is 4. The Morgan fingerprint density at radius 3 is 2.46 bits per heavy atom. The van der Waals surface area contributed by atoms with E-state index in [4.69, 9.17) is 9.84 Å². The molecule has 0 saturated heterocycles. The molecule has 1 aliphatic heterocycles. The third kappa shape index (κ3) is 4.54. The Balaban J connectivity index is 1.48. The Hall–Kier alpha value is -4.85. The molecule has 39 heavy (non-hydrogen) atoms. The minimum atomic E-state index is -0.473. The second-order valence-corrected chi connectivity index (χ2v) is 9.41. The van der Waals surface area contributed by atoms with Crippen LogP contribution in [0.5, 0.6) is 5.75 Å². The monoisotopic (exact) mass is 521 g/mol. The highest BCUT2D eigenvalue weighted by molar-refractivity contribution is 5.90. The molecule has 1 atom stereocenters. The minimum Gasteiger partial charge on any atom is -0.494 e. The molecular weight excluding hydrogens is 493 g/mol. The van der Waals surface area contributed by atoms with Gasteiger partial charge in [-0.2, -0.15) is 5.10 Å². The predicted molar refractivity (Wildman–Crippen MR) is 148 cm³/mol. The van der Waals surface area contributed by atoms with Crippen LogP contribution in [0.25, 0.3) is 11.5 Å². The Morgan fingerprint density at radius 1 is 1.00 bits per heavy atom. The number of amides is 2. The van der Waals surface area contributed by atoms with Gasteiger partial charge in [-0.05, 0) is 80.1 Å². The summed E-state index contributed by atoms with van der Waals surface area (Å²) in [6.45, 7) is 4.76. The first-order valence-corrected chi connectivity index (χ1v) is 12.9. The number of nitrogens with one attached hydrogen (secondary N) is 1. The number of rotatable bonds is 5. The van der Waals surface area contributed by atoms with Crippen molar-refractivity contribution >= 4 is 11.7 Å². The molecule has 196 valence electrons. The van der Waals surface area contributed by atoms with Crippen molar-refractivity contribution in [3.8, 4) is 17.3 Å². The first-order chi connectivity index (χ1) is 19.0. The highest BCUT2D eigenvalue weighted by Gasteiger charge is 2.36. The number of benzene rings is 3. The number of ether oxygens (including phenoxy) is 1. The maximum atomic E-state index is 14.0. The largest absolute Gasteiger partial charge is 0.494 e. The van der Waals surface area contributed by atoms with Crippen LogP contribution in [0, 0.1) is 12.7 Å². The number of urea groups is 1. The molecule has 0 bridgehead atoms. The molecule has 5 aromatic rings. The average molecular weight is 522 g/mol. The first-order valence-electron chi connectivity index (χ1n) is 12.9. The zero-order valence-electron chi connectivity index (χ0n) is 21.7. The lowest BCUT2D eigenvalue weighted by Crippen LogP contribution is -2.38. The highest BCUT2D eigenvalue weighted by Crippen LogP contribution is 2.38. The third-order valence-electron chi connectivity index (χ3n) is 6.95. The van der Waals surface area contributed by atoms with Gasteiger partial charge in [0.05, 0.1) is 36.3 Å². The lowest BCUT2D eigenvalue weighted by molar-refractivity contribution is 0.194. The van der Waals surface area contributed by atoms with E-state index in [-0.39, 0.29) is 11.8 Å². The summed E-state index contributed by atoms with van der Waals surface area (Å²) in [7, 11) is 0. The summed E-state index contributed by atoms with van der Waals surface area (Å²) in [5, 5.41) is 7.92. The van der Waals surface area contributed by atoms with Crippen LogP contribution >= 0.6 is 0 Å². The molecule has 1 N–H and O–H groups in total. The summed E-state index contributed by atoms with van der Waals surface area (Å²) in [5.74, 6) is 1.29. The Labute approximate surface area is 226 Å². The van der Waals surface area contributed by atoms with Crippen molar-refractivity contribution in [2.45, 2.75) is 26.4 Å². The average Bonchev–Trinajstić information content (AvgIpc) is 3.51. The minimum absolute atomic E-state index is 0.277. The van der Waals surface area contributed by atoms with Gasteiger partial charge in [-0.15, -0.1) is 0 Å². The van der Waals surface area contributed by atoms with Crippen LogP contribution in [0.1, 0.15) is 35.5 Å². The fourth-order valence-corrected chi connectivity index (χ4v) is 5.14. The van der Waals surface area contributed by atoms with E-state index < -0.39 is 6.04 Å². The number of para-hydroxylation sites is 1. The van der Waals surface area contributed by atoms with E-state index in [0.717, 1.165) is 39.8 Å². The fourth-order valence-electron chi connectivity index (χ4n) is 5.14. The van der Waals surface area contributed by atoms with Crippen LogP contribution in [0.4, 0.5) is 14.9 Å². The van der Waals surface area contributed by atoms with E-state index in [1.54, 1.807) is 17.0 Å². The second-order valence-electron chi connectivity index (χ2n) is 9.41. The van der Waals surface area contributed by atoms with Gasteiger partial charge in [0, 0.05) is 17.4 Å². The molecule has 0 aliphatic carbocycles. The van der Waals surface area contributed by atoms with E-state index in [0.29, 0.717) is 18.8 Å². The number of aryl methyl sites for hydroxylation is 1. The zero-order chi connectivity index (χ0) is 26.9. The van der Waals surface area contributed by atoms with Crippen molar-refractivity contribution < 1.29 is 13.9 Å². The normalized spacial score (nSPS) is 14.3. The molecule has 0 unspecified atom stereocenters. The van der Waals surface area contributed by atoms with Gasteiger partial charge < -0.3 is 19.5 Å². The van der Waals surface area contributed by atoms with Gasteiger partial charge in [-0.25, -0.2) is 13.9 Å². The van der Waals surface area contributed by atoms with Gasteiger partial charge in [-0.3, -0.25) is 0 Å². The third-order valence-corrected chi connectivity index (χ3v) is 6.95. The number of carbonyl (C=O) groups is 1. The lowest BCUT2D eigenvalue weighted by Gasteiger charge is -2.31. The summed E-state index contributed by atoms with van der Waals surface area (Å²) in [4.78, 5) is 15.8. The number of carbonyl (C=O) groups excluding carboxylic acids is 1. The number of fused-ring (bicyclic) bond motifs is 3. The van der Waals surface area contributed by atoms with E-state index in [1.807, 2.05) is 91.5 Å². The quantitative estimate of drug-likeness (QED) is 0.282. The summed E-state index contributed by atoms with van der Waals surface area (Å²) >= 11 is 0. The topological polar surface area (TPSA) is 64.3 Å².